The van der Waals surface area contributed by atoms with Crippen molar-refractivity contribution in [3.05, 3.63) is 40.8 Å². The Hall–Kier alpha value is -3.93. The molecule has 0 radical (unpaired) electrons. The van der Waals surface area contributed by atoms with Crippen LogP contribution in [0.5, 0.6) is 5.88 Å². The molecule has 2 aromatic heterocycles. The number of carbonyl (C=O) groups is 3. The van der Waals surface area contributed by atoms with Crippen molar-refractivity contribution in [2.75, 3.05) is 17.7 Å². The second-order valence-electron chi connectivity index (χ2n) is 6.71. The molecule has 31 heavy (non-hydrogen) atoms. The summed E-state index contributed by atoms with van der Waals surface area (Å²) in [7, 11) is 1.81. The highest BCUT2D eigenvalue weighted by molar-refractivity contribution is 7.18. The first kappa shape index (κ1) is 21.8. The molecule has 6 N–H and O–H groups in total. The zero-order chi connectivity index (χ0) is 22.7. The van der Waals surface area contributed by atoms with Crippen LogP contribution in [0.3, 0.4) is 0 Å². The maximum atomic E-state index is 12.3. The lowest BCUT2D eigenvalue weighted by Crippen LogP contribution is -2.41. The summed E-state index contributed by atoms with van der Waals surface area (Å²) in [5.41, 5.74) is 6.90. The highest BCUT2D eigenvalue weighted by Crippen LogP contribution is 2.28. The van der Waals surface area contributed by atoms with Crippen molar-refractivity contribution in [2.45, 2.75) is 19.0 Å². The Morgan fingerprint density at radius 2 is 1.94 bits per heavy atom. The third kappa shape index (κ3) is 5.17. The Bertz CT molecular complexity index is 1160. The van der Waals surface area contributed by atoms with Gasteiger partial charge < -0.3 is 31.3 Å². The molecule has 11 nitrogen and oxygen atoms in total. The predicted octanol–water partition coefficient (Wildman–Crippen LogP) is 1.27. The molecule has 12 heteroatoms. The van der Waals surface area contributed by atoms with Crippen LogP contribution in [0.1, 0.15) is 21.7 Å². The van der Waals surface area contributed by atoms with Crippen molar-refractivity contribution >= 4 is 51.0 Å². The number of hydrogen-bond donors (Lipinski definition) is 5. The van der Waals surface area contributed by atoms with Crippen LogP contribution in [0.4, 0.5) is 10.9 Å². The van der Waals surface area contributed by atoms with E-state index in [-0.39, 0.29) is 16.7 Å². The maximum absolute atomic E-state index is 12.3. The van der Waals surface area contributed by atoms with E-state index in [0.29, 0.717) is 17.4 Å². The van der Waals surface area contributed by atoms with Crippen LogP contribution in [0, 0.1) is 0 Å². The Kier molecular flexibility index (Phi) is 6.20. The van der Waals surface area contributed by atoms with Gasteiger partial charge in [0.15, 0.2) is 0 Å². The summed E-state index contributed by atoms with van der Waals surface area (Å²) in [4.78, 5) is 44.1. The van der Waals surface area contributed by atoms with E-state index >= 15 is 0 Å². The zero-order valence-electron chi connectivity index (χ0n) is 16.3. The minimum atomic E-state index is -1.52. The van der Waals surface area contributed by atoms with E-state index in [9.17, 15) is 19.5 Å². The number of aromatic hydroxyl groups is 1. The molecule has 2 heterocycles. The van der Waals surface area contributed by atoms with Gasteiger partial charge in [-0.1, -0.05) is 6.07 Å². The van der Waals surface area contributed by atoms with Gasteiger partial charge in [0.25, 0.3) is 5.91 Å². The zero-order valence-corrected chi connectivity index (χ0v) is 17.1. The summed E-state index contributed by atoms with van der Waals surface area (Å²) in [6.45, 7) is 0.443. The van der Waals surface area contributed by atoms with Gasteiger partial charge in [-0.05, 0) is 29.8 Å². The van der Waals surface area contributed by atoms with E-state index < -0.39 is 30.3 Å². The molecule has 3 aromatic rings. The largest absolute Gasteiger partial charge is 0.493 e. The summed E-state index contributed by atoms with van der Waals surface area (Å²) >= 11 is 1.13. The lowest BCUT2D eigenvalue weighted by molar-refractivity contribution is -0.145. The standard InChI is InChI=1S/C19H19N5O6S/c1-24(8-9-2-3-11-10(6-9)16(27)23-19(20)22-11)14-5-4-13(31-14)17(28)21-12(18(29)30)7-15(25)26/h2-6,12H,7-8H2,1H3,(H,21,28)(H,25,26)(H,29,30)(H3,20,22,23,27). The number of benzene rings is 1. The summed E-state index contributed by atoms with van der Waals surface area (Å²) < 4.78 is 0. The Morgan fingerprint density at radius 1 is 1.19 bits per heavy atom. The molecule has 0 aliphatic rings. The summed E-state index contributed by atoms with van der Waals surface area (Å²) in [5.74, 6) is -3.64. The Morgan fingerprint density at radius 3 is 2.61 bits per heavy atom. The van der Waals surface area contributed by atoms with Crippen LogP contribution in [0.15, 0.2) is 30.3 Å². The molecule has 1 unspecified atom stereocenters. The van der Waals surface area contributed by atoms with E-state index in [4.69, 9.17) is 15.9 Å². The van der Waals surface area contributed by atoms with Crippen LogP contribution < -0.4 is 16.0 Å². The second kappa shape index (κ2) is 8.83. The number of nitrogen functional groups attached to an aromatic ring is 1. The molecule has 0 aliphatic carbocycles. The first-order valence-electron chi connectivity index (χ1n) is 8.95. The summed E-state index contributed by atoms with van der Waals surface area (Å²) in [5, 5.41) is 31.3. The number of nitrogens with zero attached hydrogens (tertiary/aromatic N) is 3. The number of anilines is 2. The minimum Gasteiger partial charge on any atom is -0.493 e. The third-order valence-corrected chi connectivity index (χ3v) is 5.55. The van der Waals surface area contributed by atoms with Gasteiger partial charge in [-0.25, -0.2) is 9.78 Å². The molecular formula is C19H19N5O6S. The van der Waals surface area contributed by atoms with Crippen molar-refractivity contribution in [3.63, 3.8) is 0 Å². The third-order valence-electron chi connectivity index (χ3n) is 4.35. The van der Waals surface area contributed by atoms with Crippen LogP contribution in [-0.2, 0) is 16.1 Å². The molecule has 3 rings (SSSR count). The normalized spacial score (nSPS) is 11.8. The molecule has 162 valence electrons. The maximum Gasteiger partial charge on any atom is 0.326 e. The fourth-order valence-corrected chi connectivity index (χ4v) is 3.76. The smallest absolute Gasteiger partial charge is 0.326 e. The number of carboxylic acids is 2. The van der Waals surface area contributed by atoms with Gasteiger partial charge in [-0.2, -0.15) is 4.98 Å². The first-order valence-corrected chi connectivity index (χ1v) is 9.77. The van der Waals surface area contributed by atoms with Crippen molar-refractivity contribution in [1.29, 1.82) is 0 Å². The minimum absolute atomic E-state index is 0.0206. The van der Waals surface area contributed by atoms with Crippen molar-refractivity contribution in [3.8, 4) is 5.88 Å². The van der Waals surface area contributed by atoms with Gasteiger partial charge in [-0.3, -0.25) is 9.59 Å². The van der Waals surface area contributed by atoms with Crippen molar-refractivity contribution in [1.82, 2.24) is 15.3 Å². The number of carboxylic acid groups (broad SMARTS) is 2. The van der Waals surface area contributed by atoms with Gasteiger partial charge >= 0.3 is 11.9 Å². The molecule has 1 atom stereocenters. The number of carbonyl (C=O) groups excluding carboxylic acids is 1. The first-order chi connectivity index (χ1) is 14.6. The lowest BCUT2D eigenvalue weighted by Gasteiger charge is -2.17. The van der Waals surface area contributed by atoms with E-state index in [2.05, 4.69) is 15.3 Å². The number of amides is 1. The predicted molar refractivity (Wildman–Crippen MR) is 113 cm³/mol. The van der Waals surface area contributed by atoms with E-state index in [0.717, 1.165) is 21.9 Å². The van der Waals surface area contributed by atoms with Gasteiger partial charge in [0.1, 0.15) is 6.04 Å². The number of thiophene rings is 1. The van der Waals surface area contributed by atoms with Gasteiger partial charge in [0.05, 0.1) is 27.2 Å². The average Bonchev–Trinajstić information content (AvgIpc) is 3.18. The summed E-state index contributed by atoms with van der Waals surface area (Å²) in [6.07, 6.45) is -0.719. The van der Waals surface area contributed by atoms with Gasteiger partial charge in [0, 0.05) is 13.6 Å². The van der Waals surface area contributed by atoms with Crippen molar-refractivity contribution in [2.24, 2.45) is 0 Å². The molecule has 1 aromatic carbocycles. The number of rotatable bonds is 8. The number of nitrogens with two attached hydrogens (primary N) is 1. The molecule has 0 bridgehead atoms. The van der Waals surface area contributed by atoms with Crippen molar-refractivity contribution < 1.29 is 29.7 Å². The average molecular weight is 445 g/mol. The van der Waals surface area contributed by atoms with E-state index in [1.165, 1.54) is 6.07 Å². The van der Waals surface area contributed by atoms with Crippen LogP contribution in [0.25, 0.3) is 10.9 Å². The Labute approximate surface area is 179 Å². The fraction of sp³-hybridized carbons (Fsp3) is 0.211. The topological polar surface area (TPSA) is 179 Å². The molecule has 0 fully saturated rings. The van der Waals surface area contributed by atoms with Crippen LogP contribution in [-0.4, -0.2) is 56.2 Å². The number of nitrogens with one attached hydrogen (secondary N) is 1. The number of aromatic nitrogens is 2. The Balaban J connectivity index is 1.72. The molecule has 0 spiro atoms. The second-order valence-corrected chi connectivity index (χ2v) is 7.78. The quantitative estimate of drug-likeness (QED) is 0.339. The van der Waals surface area contributed by atoms with Crippen LogP contribution in [0.2, 0.25) is 0 Å². The highest BCUT2D eigenvalue weighted by atomic mass is 32.1. The van der Waals surface area contributed by atoms with Crippen LogP contribution >= 0.6 is 11.3 Å². The van der Waals surface area contributed by atoms with E-state index in [1.807, 2.05) is 18.0 Å². The molecule has 0 saturated carbocycles. The molecule has 0 saturated heterocycles. The molecule has 1 amide bonds. The van der Waals surface area contributed by atoms with Gasteiger partial charge in [0.2, 0.25) is 11.8 Å². The van der Waals surface area contributed by atoms with Gasteiger partial charge in [-0.15, -0.1) is 11.3 Å². The summed E-state index contributed by atoms with van der Waals surface area (Å²) in [6, 6.07) is 7.01. The molecular weight excluding hydrogens is 426 g/mol. The SMILES string of the molecule is CN(Cc1ccc2nc(N)nc(O)c2c1)c1ccc(C(=O)NC(CC(=O)O)C(=O)O)s1. The number of fused-ring (bicyclic) bond motifs is 1. The molecule has 0 aliphatic heterocycles. The fourth-order valence-electron chi connectivity index (χ4n) is 2.89. The highest BCUT2D eigenvalue weighted by Gasteiger charge is 2.24. The number of hydrogen-bond acceptors (Lipinski definition) is 9. The monoisotopic (exact) mass is 445 g/mol. The van der Waals surface area contributed by atoms with E-state index in [1.54, 1.807) is 18.2 Å². The lowest BCUT2D eigenvalue weighted by atomic mass is 10.1. The number of aliphatic carboxylic acids is 2.